The van der Waals surface area contributed by atoms with E-state index in [1.807, 2.05) is 44.4 Å². The number of rotatable bonds is 7. The van der Waals surface area contributed by atoms with Crippen molar-refractivity contribution in [2.45, 2.75) is 22.6 Å². The Hall–Kier alpha value is -2.69. The molecule has 3 atom stereocenters. The van der Waals surface area contributed by atoms with E-state index in [1.165, 1.54) is 6.07 Å². The number of nitrogens with zero attached hydrogens (tertiary/aromatic N) is 2. The molecule has 30 heavy (non-hydrogen) atoms. The SMILES string of the molecule is CC1[C@H](c2ccccc2)[C@]1(NS(=O)(=O)c1ccc(-c2cc(N(C)C)on2)s1)C(=O)O. The minimum Gasteiger partial charge on any atom is -0.480 e. The van der Waals surface area contributed by atoms with Crippen molar-refractivity contribution in [1.82, 2.24) is 9.88 Å². The first-order valence-corrected chi connectivity index (χ1v) is 11.5. The van der Waals surface area contributed by atoms with E-state index < -0.39 is 27.4 Å². The first-order chi connectivity index (χ1) is 14.2. The highest BCUT2D eigenvalue weighted by Crippen LogP contribution is 2.58. The number of aliphatic carboxylic acids is 1. The number of anilines is 1. The highest BCUT2D eigenvalue weighted by Gasteiger charge is 2.70. The molecule has 0 aliphatic heterocycles. The molecule has 0 amide bonds. The van der Waals surface area contributed by atoms with Crippen LogP contribution in [0.15, 0.2) is 57.3 Å². The molecule has 10 heteroatoms. The van der Waals surface area contributed by atoms with Gasteiger partial charge in [0.2, 0.25) is 5.88 Å². The van der Waals surface area contributed by atoms with Crippen molar-refractivity contribution in [2.75, 3.05) is 19.0 Å². The zero-order chi connectivity index (χ0) is 21.7. The van der Waals surface area contributed by atoms with E-state index in [0.717, 1.165) is 16.9 Å². The van der Waals surface area contributed by atoms with Gasteiger partial charge in [0, 0.05) is 26.1 Å². The Labute approximate surface area is 178 Å². The lowest BCUT2D eigenvalue weighted by molar-refractivity contribution is -0.140. The molecule has 0 bridgehead atoms. The summed E-state index contributed by atoms with van der Waals surface area (Å²) in [6.45, 7) is 1.74. The van der Waals surface area contributed by atoms with Crippen LogP contribution in [0.1, 0.15) is 18.4 Å². The number of aromatic nitrogens is 1. The predicted molar refractivity (Wildman–Crippen MR) is 113 cm³/mol. The second kappa shape index (κ2) is 7.22. The quantitative estimate of drug-likeness (QED) is 0.572. The number of sulfonamides is 1. The van der Waals surface area contributed by atoms with Gasteiger partial charge >= 0.3 is 5.97 Å². The van der Waals surface area contributed by atoms with E-state index in [0.29, 0.717) is 16.5 Å². The van der Waals surface area contributed by atoms with Crippen molar-refractivity contribution in [2.24, 2.45) is 5.92 Å². The fourth-order valence-electron chi connectivity index (χ4n) is 3.77. The predicted octanol–water partition coefficient (Wildman–Crippen LogP) is 3.00. The highest BCUT2D eigenvalue weighted by molar-refractivity contribution is 7.91. The van der Waals surface area contributed by atoms with Gasteiger partial charge in [0.05, 0.1) is 4.88 Å². The highest BCUT2D eigenvalue weighted by atomic mass is 32.2. The van der Waals surface area contributed by atoms with Crippen molar-refractivity contribution in [3.05, 3.63) is 54.1 Å². The molecule has 1 fully saturated rings. The maximum atomic E-state index is 13.1. The third-order valence-electron chi connectivity index (χ3n) is 5.45. The van der Waals surface area contributed by atoms with Crippen LogP contribution < -0.4 is 9.62 Å². The molecule has 2 N–H and O–H groups in total. The number of carboxylic acids is 1. The van der Waals surface area contributed by atoms with Crippen LogP contribution >= 0.6 is 11.3 Å². The van der Waals surface area contributed by atoms with Gasteiger partial charge in [0.15, 0.2) is 0 Å². The van der Waals surface area contributed by atoms with Crippen molar-refractivity contribution in [3.8, 4) is 10.6 Å². The summed E-state index contributed by atoms with van der Waals surface area (Å²) in [7, 11) is -0.433. The molecule has 4 rings (SSSR count). The largest absolute Gasteiger partial charge is 0.480 e. The first-order valence-electron chi connectivity index (χ1n) is 9.23. The molecule has 0 saturated heterocycles. The van der Waals surface area contributed by atoms with Crippen molar-refractivity contribution in [3.63, 3.8) is 0 Å². The Kier molecular flexibility index (Phi) is 4.95. The summed E-state index contributed by atoms with van der Waals surface area (Å²) >= 11 is 1.01. The Morgan fingerprint density at radius 1 is 1.23 bits per heavy atom. The van der Waals surface area contributed by atoms with E-state index in [4.69, 9.17) is 4.52 Å². The molecule has 1 aliphatic rings. The third kappa shape index (κ3) is 3.30. The van der Waals surface area contributed by atoms with Crippen LogP contribution in [-0.2, 0) is 14.8 Å². The summed E-state index contributed by atoms with van der Waals surface area (Å²) in [6, 6.07) is 13.9. The summed E-state index contributed by atoms with van der Waals surface area (Å²) < 4.78 is 33.8. The fraction of sp³-hybridized carbons (Fsp3) is 0.300. The Bertz CT molecular complexity index is 1190. The second-order valence-electron chi connectivity index (χ2n) is 7.52. The molecule has 3 aromatic rings. The number of carboxylic acid groups (broad SMARTS) is 1. The minimum absolute atomic E-state index is 0.0263. The third-order valence-corrected chi connectivity index (χ3v) is 8.54. The van der Waals surface area contributed by atoms with Gasteiger partial charge < -0.3 is 14.5 Å². The molecule has 158 valence electrons. The van der Waals surface area contributed by atoms with Crippen LogP contribution in [0.3, 0.4) is 0 Å². The molecule has 0 radical (unpaired) electrons. The number of hydrogen-bond donors (Lipinski definition) is 2. The summed E-state index contributed by atoms with van der Waals surface area (Å²) in [5.41, 5.74) is -0.267. The van der Waals surface area contributed by atoms with E-state index in [-0.39, 0.29) is 10.1 Å². The van der Waals surface area contributed by atoms with Crippen molar-refractivity contribution >= 4 is 33.2 Å². The Balaban J connectivity index is 1.62. The lowest BCUT2D eigenvalue weighted by Crippen LogP contribution is -2.45. The normalized spacial score (nSPS) is 23.3. The van der Waals surface area contributed by atoms with Crippen LogP contribution in [0.5, 0.6) is 0 Å². The van der Waals surface area contributed by atoms with E-state index in [2.05, 4.69) is 9.88 Å². The van der Waals surface area contributed by atoms with Crippen LogP contribution in [0, 0.1) is 5.92 Å². The number of thiophene rings is 1. The van der Waals surface area contributed by atoms with Crippen LogP contribution in [0.4, 0.5) is 5.88 Å². The smallest absolute Gasteiger partial charge is 0.325 e. The lowest BCUT2D eigenvalue weighted by atomic mass is 10.1. The maximum Gasteiger partial charge on any atom is 0.325 e. The summed E-state index contributed by atoms with van der Waals surface area (Å²) in [5, 5.41) is 13.9. The molecule has 0 spiro atoms. The standard InChI is InChI=1S/C20H21N3O5S2/c1-12-18(13-7-5-4-6-8-13)20(12,19(24)25)22-30(26,27)17-10-9-15(29-17)14-11-16(23(2)3)28-21-14/h4-12,18,22H,1-3H3,(H,24,25)/t12?,18-,20+/m1/s1. The van der Waals surface area contributed by atoms with Crippen molar-refractivity contribution in [1.29, 1.82) is 0 Å². The minimum atomic E-state index is -4.05. The molecule has 2 aromatic heterocycles. The number of benzene rings is 1. The average molecular weight is 448 g/mol. The van der Waals surface area contributed by atoms with Gasteiger partial charge in [-0.3, -0.25) is 4.79 Å². The monoisotopic (exact) mass is 447 g/mol. The molecule has 2 heterocycles. The lowest BCUT2D eigenvalue weighted by Gasteiger charge is -2.15. The maximum absolute atomic E-state index is 13.1. The fourth-order valence-corrected chi connectivity index (χ4v) is 6.48. The number of carbonyl (C=O) groups is 1. The van der Waals surface area contributed by atoms with E-state index in [9.17, 15) is 18.3 Å². The molecule has 1 unspecified atom stereocenters. The molecular weight excluding hydrogens is 426 g/mol. The Morgan fingerprint density at radius 3 is 2.53 bits per heavy atom. The topological polar surface area (TPSA) is 113 Å². The zero-order valence-electron chi connectivity index (χ0n) is 16.6. The second-order valence-corrected chi connectivity index (χ2v) is 10.5. The molecular formula is C20H21N3O5S2. The summed E-state index contributed by atoms with van der Waals surface area (Å²) in [6.07, 6.45) is 0. The first kappa shape index (κ1) is 20.6. The van der Waals surface area contributed by atoms with Gasteiger partial charge in [-0.25, -0.2) is 8.42 Å². The number of nitrogens with one attached hydrogen (secondary N) is 1. The van der Waals surface area contributed by atoms with E-state index in [1.54, 1.807) is 24.0 Å². The van der Waals surface area contributed by atoms with Crippen LogP contribution in [-0.4, -0.2) is 44.3 Å². The summed E-state index contributed by atoms with van der Waals surface area (Å²) in [4.78, 5) is 14.5. The molecule has 1 aliphatic carbocycles. The summed E-state index contributed by atoms with van der Waals surface area (Å²) in [5.74, 6) is -1.46. The van der Waals surface area contributed by atoms with Gasteiger partial charge in [-0.05, 0) is 23.6 Å². The van der Waals surface area contributed by atoms with Gasteiger partial charge in [-0.1, -0.05) is 42.4 Å². The van der Waals surface area contributed by atoms with Crippen molar-refractivity contribution < 1.29 is 22.8 Å². The van der Waals surface area contributed by atoms with Crippen LogP contribution in [0.25, 0.3) is 10.6 Å². The van der Waals surface area contributed by atoms with Crippen LogP contribution in [0.2, 0.25) is 0 Å². The zero-order valence-corrected chi connectivity index (χ0v) is 18.2. The average Bonchev–Trinajstić information content (AvgIpc) is 3.14. The van der Waals surface area contributed by atoms with Gasteiger partial charge in [-0.2, -0.15) is 4.72 Å². The number of hydrogen-bond acceptors (Lipinski definition) is 7. The van der Waals surface area contributed by atoms with Gasteiger partial charge in [0.1, 0.15) is 15.4 Å². The molecule has 1 aromatic carbocycles. The Morgan fingerprint density at radius 2 is 1.93 bits per heavy atom. The van der Waals surface area contributed by atoms with E-state index >= 15 is 0 Å². The van der Waals surface area contributed by atoms with Gasteiger partial charge in [0.25, 0.3) is 10.0 Å². The molecule has 8 nitrogen and oxygen atoms in total. The molecule has 1 saturated carbocycles. The van der Waals surface area contributed by atoms with Gasteiger partial charge in [-0.15, -0.1) is 11.3 Å².